The highest BCUT2D eigenvalue weighted by Crippen LogP contribution is 2.28. The van der Waals surface area contributed by atoms with E-state index < -0.39 is 5.60 Å². The molecule has 0 fully saturated rings. The molecule has 1 heterocycles. The SMILES string of the molecule is CCn1c(CC(C)(C)O)cc2c(Cl)cccc21. The Morgan fingerprint density at radius 2 is 2.06 bits per heavy atom. The molecule has 0 aliphatic heterocycles. The summed E-state index contributed by atoms with van der Waals surface area (Å²) in [5, 5.41) is 11.8. The fourth-order valence-electron chi connectivity index (χ4n) is 2.27. The van der Waals surface area contributed by atoms with Crippen LogP contribution in [0.5, 0.6) is 0 Å². The van der Waals surface area contributed by atoms with Crippen molar-refractivity contribution in [1.29, 1.82) is 0 Å². The van der Waals surface area contributed by atoms with Crippen molar-refractivity contribution in [1.82, 2.24) is 4.57 Å². The van der Waals surface area contributed by atoms with E-state index in [0.29, 0.717) is 6.42 Å². The van der Waals surface area contributed by atoms with E-state index in [2.05, 4.69) is 23.6 Å². The number of aryl methyl sites for hydroxylation is 1. The zero-order chi connectivity index (χ0) is 12.6. The van der Waals surface area contributed by atoms with Gasteiger partial charge < -0.3 is 9.67 Å². The number of rotatable bonds is 3. The first-order chi connectivity index (χ1) is 7.92. The first-order valence-corrected chi connectivity index (χ1v) is 6.29. The average Bonchev–Trinajstić information content (AvgIpc) is 2.54. The van der Waals surface area contributed by atoms with Crippen molar-refractivity contribution in [2.45, 2.75) is 39.3 Å². The van der Waals surface area contributed by atoms with Crippen LogP contribution in [0.4, 0.5) is 0 Å². The molecule has 3 heteroatoms. The van der Waals surface area contributed by atoms with Crippen LogP contribution >= 0.6 is 11.6 Å². The van der Waals surface area contributed by atoms with Gasteiger partial charge in [0.05, 0.1) is 5.60 Å². The van der Waals surface area contributed by atoms with Gasteiger partial charge in [-0.25, -0.2) is 0 Å². The molecule has 2 rings (SSSR count). The summed E-state index contributed by atoms with van der Waals surface area (Å²) >= 11 is 6.19. The number of aromatic nitrogens is 1. The first kappa shape index (κ1) is 12.5. The number of hydrogen-bond acceptors (Lipinski definition) is 1. The first-order valence-electron chi connectivity index (χ1n) is 5.91. The van der Waals surface area contributed by atoms with Crippen LogP contribution in [0.25, 0.3) is 10.9 Å². The second-order valence-electron chi connectivity index (χ2n) is 5.04. The highest BCUT2D eigenvalue weighted by atomic mass is 35.5. The van der Waals surface area contributed by atoms with Crippen LogP contribution in [0.3, 0.4) is 0 Å². The van der Waals surface area contributed by atoms with E-state index in [1.807, 2.05) is 26.0 Å². The lowest BCUT2D eigenvalue weighted by Crippen LogP contribution is -2.23. The zero-order valence-electron chi connectivity index (χ0n) is 10.5. The lowest BCUT2D eigenvalue weighted by atomic mass is 10.0. The minimum atomic E-state index is -0.701. The molecule has 2 nitrogen and oxygen atoms in total. The van der Waals surface area contributed by atoms with Crippen LogP contribution in [-0.2, 0) is 13.0 Å². The summed E-state index contributed by atoms with van der Waals surface area (Å²) < 4.78 is 2.21. The molecule has 0 radical (unpaired) electrons. The van der Waals surface area contributed by atoms with Gasteiger partial charge in [-0.15, -0.1) is 0 Å². The molecule has 2 aromatic rings. The topological polar surface area (TPSA) is 25.2 Å². The van der Waals surface area contributed by atoms with Crippen molar-refractivity contribution in [2.24, 2.45) is 0 Å². The third kappa shape index (κ3) is 2.48. The molecule has 0 aliphatic rings. The number of halogens is 1. The highest BCUT2D eigenvalue weighted by Gasteiger charge is 2.18. The van der Waals surface area contributed by atoms with Gasteiger partial charge in [0.2, 0.25) is 0 Å². The molecule has 0 amide bonds. The standard InChI is InChI=1S/C14H18ClNO/c1-4-16-10(9-14(2,3)17)8-11-12(15)6-5-7-13(11)16/h5-8,17H,4,9H2,1-3H3. The van der Waals surface area contributed by atoms with Gasteiger partial charge in [-0.1, -0.05) is 17.7 Å². The van der Waals surface area contributed by atoms with Crippen LogP contribution < -0.4 is 0 Å². The largest absolute Gasteiger partial charge is 0.390 e. The Labute approximate surface area is 107 Å². The number of fused-ring (bicyclic) bond motifs is 1. The van der Waals surface area contributed by atoms with Crippen molar-refractivity contribution in [3.05, 3.63) is 35.0 Å². The number of aliphatic hydroxyl groups is 1. The lowest BCUT2D eigenvalue weighted by molar-refractivity contribution is 0.0791. The summed E-state index contributed by atoms with van der Waals surface area (Å²) in [6, 6.07) is 8.01. The second-order valence-corrected chi connectivity index (χ2v) is 5.45. The Morgan fingerprint density at radius 3 is 2.65 bits per heavy atom. The molecule has 92 valence electrons. The van der Waals surface area contributed by atoms with E-state index in [1.54, 1.807) is 0 Å². The van der Waals surface area contributed by atoms with E-state index in [9.17, 15) is 5.11 Å². The molecule has 0 bridgehead atoms. The van der Waals surface area contributed by atoms with Gasteiger partial charge in [0, 0.05) is 34.6 Å². The predicted octanol–water partition coefficient (Wildman–Crippen LogP) is 3.63. The summed E-state index contributed by atoms with van der Waals surface area (Å²) in [4.78, 5) is 0. The summed E-state index contributed by atoms with van der Waals surface area (Å²) in [6.45, 7) is 6.64. The van der Waals surface area contributed by atoms with E-state index in [4.69, 9.17) is 11.6 Å². The van der Waals surface area contributed by atoms with Crippen LogP contribution in [0.15, 0.2) is 24.3 Å². The average molecular weight is 252 g/mol. The quantitative estimate of drug-likeness (QED) is 0.886. The number of hydrogen-bond donors (Lipinski definition) is 1. The third-order valence-corrected chi connectivity index (χ3v) is 3.24. The molecule has 0 spiro atoms. The van der Waals surface area contributed by atoms with E-state index >= 15 is 0 Å². The molecule has 1 aromatic carbocycles. The summed E-state index contributed by atoms with van der Waals surface area (Å²) in [7, 11) is 0. The van der Waals surface area contributed by atoms with Gasteiger partial charge in [0.25, 0.3) is 0 Å². The van der Waals surface area contributed by atoms with Gasteiger partial charge in [-0.3, -0.25) is 0 Å². The van der Waals surface area contributed by atoms with E-state index in [0.717, 1.165) is 28.2 Å². The van der Waals surface area contributed by atoms with Crippen LogP contribution in [0.2, 0.25) is 5.02 Å². The van der Waals surface area contributed by atoms with Gasteiger partial charge in [-0.05, 0) is 39.0 Å². The zero-order valence-corrected chi connectivity index (χ0v) is 11.3. The van der Waals surface area contributed by atoms with Gasteiger partial charge in [0.1, 0.15) is 0 Å². The van der Waals surface area contributed by atoms with Crippen molar-refractivity contribution in [3.63, 3.8) is 0 Å². The van der Waals surface area contributed by atoms with Crippen molar-refractivity contribution in [2.75, 3.05) is 0 Å². The molecule has 0 aliphatic carbocycles. The third-order valence-electron chi connectivity index (χ3n) is 2.91. The molecular weight excluding hydrogens is 234 g/mol. The Morgan fingerprint density at radius 1 is 1.35 bits per heavy atom. The fraction of sp³-hybridized carbons (Fsp3) is 0.429. The Hall–Kier alpha value is -0.990. The Bertz CT molecular complexity index is 537. The second kappa shape index (κ2) is 4.35. The number of nitrogens with zero attached hydrogens (tertiary/aromatic N) is 1. The fourth-order valence-corrected chi connectivity index (χ4v) is 2.49. The van der Waals surface area contributed by atoms with Gasteiger partial charge >= 0.3 is 0 Å². The highest BCUT2D eigenvalue weighted by molar-refractivity contribution is 6.35. The van der Waals surface area contributed by atoms with Gasteiger partial charge in [0.15, 0.2) is 0 Å². The minimum absolute atomic E-state index is 0.631. The van der Waals surface area contributed by atoms with Crippen LogP contribution in [0.1, 0.15) is 26.5 Å². The predicted molar refractivity (Wildman–Crippen MR) is 72.6 cm³/mol. The Kier molecular flexibility index (Phi) is 3.19. The molecule has 1 N–H and O–H groups in total. The normalized spacial score (nSPS) is 12.3. The van der Waals surface area contributed by atoms with E-state index in [-0.39, 0.29) is 0 Å². The van der Waals surface area contributed by atoms with Crippen LogP contribution in [-0.4, -0.2) is 15.3 Å². The monoisotopic (exact) mass is 251 g/mol. The summed E-state index contributed by atoms with van der Waals surface area (Å²) in [5.74, 6) is 0. The summed E-state index contributed by atoms with van der Waals surface area (Å²) in [6.07, 6.45) is 0.631. The van der Waals surface area contributed by atoms with E-state index in [1.165, 1.54) is 0 Å². The molecule has 17 heavy (non-hydrogen) atoms. The summed E-state index contributed by atoms with van der Waals surface area (Å²) in [5.41, 5.74) is 1.57. The molecule has 0 saturated carbocycles. The molecular formula is C14H18ClNO. The van der Waals surface area contributed by atoms with Crippen molar-refractivity contribution < 1.29 is 5.11 Å². The molecule has 0 atom stereocenters. The number of benzene rings is 1. The maximum absolute atomic E-state index is 9.94. The molecule has 0 unspecified atom stereocenters. The molecule has 0 saturated heterocycles. The maximum atomic E-state index is 9.94. The minimum Gasteiger partial charge on any atom is -0.390 e. The van der Waals surface area contributed by atoms with Crippen LogP contribution in [0, 0.1) is 0 Å². The van der Waals surface area contributed by atoms with Crippen molar-refractivity contribution >= 4 is 22.5 Å². The smallest absolute Gasteiger partial charge is 0.0646 e. The Balaban J connectivity index is 2.60. The van der Waals surface area contributed by atoms with Gasteiger partial charge in [-0.2, -0.15) is 0 Å². The lowest BCUT2D eigenvalue weighted by Gasteiger charge is -2.18. The maximum Gasteiger partial charge on any atom is 0.0646 e. The molecule has 1 aromatic heterocycles. The van der Waals surface area contributed by atoms with Crippen molar-refractivity contribution in [3.8, 4) is 0 Å².